The summed E-state index contributed by atoms with van der Waals surface area (Å²) in [6.45, 7) is 4.29. The fraction of sp³-hybridized carbons (Fsp3) is 0.333. The van der Waals surface area contributed by atoms with Crippen LogP contribution in [0.5, 0.6) is 0 Å². The number of hydrogen-bond donors (Lipinski definition) is 0. The van der Waals surface area contributed by atoms with Crippen LogP contribution in [0.25, 0.3) is 0 Å². The van der Waals surface area contributed by atoms with E-state index >= 15 is 0 Å². The third-order valence-electron chi connectivity index (χ3n) is 2.76. The molecule has 0 bridgehead atoms. The molecule has 0 aliphatic rings. The van der Waals surface area contributed by atoms with Crippen LogP contribution in [0.4, 0.5) is 0 Å². The third kappa shape index (κ3) is 4.34. The van der Waals surface area contributed by atoms with Crippen LogP contribution in [-0.4, -0.2) is 9.97 Å². The van der Waals surface area contributed by atoms with E-state index in [0.29, 0.717) is 33.4 Å². The summed E-state index contributed by atoms with van der Waals surface area (Å²) in [7, 11) is 0. The first-order valence-electron chi connectivity index (χ1n) is 6.40. The van der Waals surface area contributed by atoms with Gasteiger partial charge in [-0.3, -0.25) is 0 Å². The summed E-state index contributed by atoms with van der Waals surface area (Å²) in [4.78, 5) is 8.82. The summed E-state index contributed by atoms with van der Waals surface area (Å²) in [5.41, 5.74) is 1.98. The van der Waals surface area contributed by atoms with Crippen molar-refractivity contribution >= 4 is 34.8 Å². The van der Waals surface area contributed by atoms with Gasteiger partial charge in [-0.25, -0.2) is 9.97 Å². The van der Waals surface area contributed by atoms with Gasteiger partial charge in [-0.15, -0.1) is 0 Å². The Hall–Kier alpha value is -0.830. The molecule has 106 valence electrons. The van der Waals surface area contributed by atoms with Gasteiger partial charge in [0.15, 0.2) is 0 Å². The topological polar surface area (TPSA) is 25.8 Å². The number of nitrogens with zero attached hydrogens (tertiary/aromatic N) is 2. The molecule has 0 aliphatic carbocycles. The van der Waals surface area contributed by atoms with Gasteiger partial charge in [0.1, 0.15) is 11.0 Å². The standard InChI is InChI=1S/C15H15Cl3N2/c1-9(2)5-11-8-14(18)20-15(19-11)7-10-3-4-12(16)13(17)6-10/h3-4,6,8-9H,5,7H2,1-2H3. The Morgan fingerprint density at radius 2 is 1.75 bits per heavy atom. The molecule has 1 aromatic carbocycles. The Kier molecular flexibility index (Phi) is 5.25. The Morgan fingerprint density at radius 3 is 2.40 bits per heavy atom. The van der Waals surface area contributed by atoms with E-state index in [9.17, 15) is 0 Å². The first kappa shape index (κ1) is 15.6. The Labute approximate surface area is 134 Å². The molecule has 0 N–H and O–H groups in total. The van der Waals surface area contributed by atoms with Crippen molar-refractivity contribution in [3.8, 4) is 0 Å². The molecule has 0 amide bonds. The van der Waals surface area contributed by atoms with Crippen LogP contribution in [0, 0.1) is 5.92 Å². The van der Waals surface area contributed by atoms with Crippen molar-refractivity contribution in [2.24, 2.45) is 5.92 Å². The van der Waals surface area contributed by atoms with E-state index in [2.05, 4.69) is 23.8 Å². The average Bonchev–Trinajstić information content (AvgIpc) is 2.32. The highest BCUT2D eigenvalue weighted by Gasteiger charge is 2.07. The first-order chi connectivity index (χ1) is 9.44. The monoisotopic (exact) mass is 328 g/mol. The maximum Gasteiger partial charge on any atom is 0.134 e. The molecule has 0 atom stereocenters. The van der Waals surface area contributed by atoms with Crippen molar-refractivity contribution in [2.45, 2.75) is 26.7 Å². The SMILES string of the molecule is CC(C)Cc1cc(Cl)nc(Cc2ccc(Cl)c(Cl)c2)n1. The van der Waals surface area contributed by atoms with E-state index < -0.39 is 0 Å². The van der Waals surface area contributed by atoms with Crippen LogP contribution in [-0.2, 0) is 12.8 Å². The molecule has 2 aromatic rings. The van der Waals surface area contributed by atoms with Crippen molar-refractivity contribution in [1.29, 1.82) is 0 Å². The van der Waals surface area contributed by atoms with Gasteiger partial charge in [-0.05, 0) is 36.1 Å². The van der Waals surface area contributed by atoms with Gasteiger partial charge < -0.3 is 0 Å². The van der Waals surface area contributed by atoms with E-state index in [1.54, 1.807) is 6.07 Å². The van der Waals surface area contributed by atoms with E-state index in [1.165, 1.54) is 0 Å². The second-order valence-electron chi connectivity index (χ2n) is 5.12. The zero-order chi connectivity index (χ0) is 14.7. The minimum absolute atomic E-state index is 0.478. The predicted octanol–water partition coefficient (Wildman–Crippen LogP) is 5.23. The molecule has 0 fully saturated rings. The molecule has 0 spiro atoms. The van der Waals surface area contributed by atoms with Crippen molar-refractivity contribution < 1.29 is 0 Å². The van der Waals surface area contributed by atoms with E-state index in [-0.39, 0.29) is 0 Å². The maximum atomic E-state index is 6.06. The molecule has 0 saturated carbocycles. The summed E-state index contributed by atoms with van der Waals surface area (Å²) >= 11 is 18.0. The number of halogens is 3. The minimum Gasteiger partial charge on any atom is -0.237 e. The normalized spacial score (nSPS) is 11.1. The number of benzene rings is 1. The number of hydrogen-bond acceptors (Lipinski definition) is 2. The lowest BCUT2D eigenvalue weighted by molar-refractivity contribution is 0.631. The van der Waals surface area contributed by atoms with Crippen molar-refractivity contribution in [1.82, 2.24) is 9.97 Å². The van der Waals surface area contributed by atoms with Crippen molar-refractivity contribution in [2.75, 3.05) is 0 Å². The molecule has 0 radical (unpaired) electrons. The highest BCUT2D eigenvalue weighted by atomic mass is 35.5. The van der Waals surface area contributed by atoms with Gasteiger partial charge in [0, 0.05) is 12.1 Å². The molecule has 2 nitrogen and oxygen atoms in total. The van der Waals surface area contributed by atoms with Crippen LogP contribution in [0.15, 0.2) is 24.3 Å². The molecule has 0 unspecified atom stereocenters. The van der Waals surface area contributed by atoms with Crippen LogP contribution >= 0.6 is 34.8 Å². The zero-order valence-corrected chi connectivity index (χ0v) is 13.6. The molecule has 20 heavy (non-hydrogen) atoms. The molecule has 1 aromatic heterocycles. The summed E-state index contributed by atoms with van der Waals surface area (Å²) in [5, 5.41) is 1.56. The second-order valence-corrected chi connectivity index (χ2v) is 6.32. The lowest BCUT2D eigenvalue weighted by Gasteiger charge is -2.08. The molecule has 2 rings (SSSR count). The van der Waals surface area contributed by atoms with Gasteiger partial charge in [-0.1, -0.05) is 54.7 Å². The summed E-state index contributed by atoms with van der Waals surface area (Å²) in [6.07, 6.45) is 1.47. The van der Waals surface area contributed by atoms with E-state index in [0.717, 1.165) is 17.7 Å². The summed E-state index contributed by atoms with van der Waals surface area (Å²) in [5.74, 6) is 1.23. The lowest BCUT2D eigenvalue weighted by Crippen LogP contribution is -2.04. The van der Waals surface area contributed by atoms with E-state index in [4.69, 9.17) is 34.8 Å². The van der Waals surface area contributed by atoms with Gasteiger partial charge in [0.05, 0.1) is 10.0 Å². The molecule has 0 aliphatic heterocycles. The average molecular weight is 330 g/mol. The molecule has 0 saturated heterocycles. The van der Waals surface area contributed by atoms with Crippen LogP contribution in [0.1, 0.15) is 30.9 Å². The fourth-order valence-electron chi connectivity index (χ4n) is 1.95. The van der Waals surface area contributed by atoms with Gasteiger partial charge >= 0.3 is 0 Å². The Bertz CT molecular complexity index is 612. The third-order valence-corrected chi connectivity index (χ3v) is 3.69. The highest BCUT2D eigenvalue weighted by Crippen LogP contribution is 2.23. The van der Waals surface area contributed by atoms with Gasteiger partial charge in [-0.2, -0.15) is 0 Å². The quantitative estimate of drug-likeness (QED) is 0.718. The number of aromatic nitrogens is 2. The van der Waals surface area contributed by atoms with Crippen LogP contribution in [0.2, 0.25) is 15.2 Å². The maximum absolute atomic E-state index is 6.06. The Morgan fingerprint density at radius 1 is 1.00 bits per heavy atom. The van der Waals surface area contributed by atoms with Crippen molar-refractivity contribution in [3.05, 3.63) is 56.5 Å². The smallest absolute Gasteiger partial charge is 0.134 e. The van der Waals surface area contributed by atoms with Crippen LogP contribution in [0.3, 0.4) is 0 Å². The number of rotatable bonds is 4. The van der Waals surface area contributed by atoms with E-state index in [1.807, 2.05) is 18.2 Å². The predicted molar refractivity (Wildman–Crippen MR) is 84.9 cm³/mol. The second kappa shape index (κ2) is 6.75. The van der Waals surface area contributed by atoms with Gasteiger partial charge in [0.25, 0.3) is 0 Å². The molecular weight excluding hydrogens is 315 g/mol. The molecular formula is C15H15Cl3N2. The molecule has 1 heterocycles. The summed E-state index contributed by atoms with van der Waals surface area (Å²) in [6, 6.07) is 7.34. The van der Waals surface area contributed by atoms with Crippen molar-refractivity contribution in [3.63, 3.8) is 0 Å². The van der Waals surface area contributed by atoms with Crippen LogP contribution < -0.4 is 0 Å². The van der Waals surface area contributed by atoms with Gasteiger partial charge in [0.2, 0.25) is 0 Å². The molecule has 5 heteroatoms. The lowest BCUT2D eigenvalue weighted by atomic mass is 10.1. The largest absolute Gasteiger partial charge is 0.237 e. The summed E-state index contributed by atoms with van der Waals surface area (Å²) < 4.78 is 0. The highest BCUT2D eigenvalue weighted by molar-refractivity contribution is 6.42. The first-order valence-corrected chi connectivity index (χ1v) is 7.53. The zero-order valence-electron chi connectivity index (χ0n) is 11.3. The minimum atomic E-state index is 0.478. The Balaban J connectivity index is 2.24. The fourth-order valence-corrected chi connectivity index (χ4v) is 2.49.